The van der Waals surface area contributed by atoms with Gasteiger partial charge >= 0.3 is 0 Å². The minimum absolute atomic E-state index is 0.0722. The fourth-order valence-electron chi connectivity index (χ4n) is 8.53. The Morgan fingerprint density at radius 2 is 0.957 bits per heavy atom. The van der Waals surface area contributed by atoms with Crippen LogP contribution in [-0.2, 0) is 5.41 Å². The van der Waals surface area contributed by atoms with E-state index in [-0.39, 0.29) is 5.41 Å². The predicted octanol–water partition coefficient (Wildman–Crippen LogP) is 11.6. The van der Waals surface area contributed by atoms with E-state index >= 15 is 0 Å². The monoisotopic (exact) mass is 588 g/mol. The summed E-state index contributed by atoms with van der Waals surface area (Å²) in [4.78, 5) is 0. The van der Waals surface area contributed by atoms with Crippen LogP contribution in [0.1, 0.15) is 30.5 Å². The molecule has 1 aliphatic carbocycles. The SMILES string of the molecule is Cc1cccc(-n2c3ccccc3c3c4c5ccccc5n(-c5ccc6c(c5)C(C)(C)c5ccccc5-6)c4c4ccccc4c32)c1. The molecule has 2 nitrogen and oxygen atoms in total. The van der Waals surface area contributed by atoms with Gasteiger partial charge in [-0.1, -0.05) is 117 Å². The highest BCUT2D eigenvalue weighted by Crippen LogP contribution is 2.51. The molecule has 0 amide bonds. The van der Waals surface area contributed by atoms with Gasteiger partial charge in [0.2, 0.25) is 0 Å². The number of nitrogens with zero attached hydrogens (tertiary/aromatic N) is 2. The van der Waals surface area contributed by atoms with Crippen LogP contribution in [0, 0.1) is 6.92 Å². The van der Waals surface area contributed by atoms with Gasteiger partial charge in [0.1, 0.15) is 0 Å². The predicted molar refractivity (Wildman–Crippen MR) is 195 cm³/mol. The van der Waals surface area contributed by atoms with Gasteiger partial charge < -0.3 is 9.13 Å². The van der Waals surface area contributed by atoms with Crippen molar-refractivity contribution in [3.8, 4) is 22.5 Å². The minimum atomic E-state index is -0.0722. The molecule has 0 atom stereocenters. The quantitative estimate of drug-likeness (QED) is 0.190. The second kappa shape index (κ2) is 8.99. The summed E-state index contributed by atoms with van der Waals surface area (Å²) in [5, 5.41) is 7.72. The van der Waals surface area contributed by atoms with E-state index in [1.165, 1.54) is 93.6 Å². The number of aromatic nitrogens is 2. The van der Waals surface area contributed by atoms with Crippen LogP contribution in [0.5, 0.6) is 0 Å². The summed E-state index contributed by atoms with van der Waals surface area (Å²) in [6.07, 6.45) is 0. The van der Waals surface area contributed by atoms with E-state index in [0.717, 1.165) is 0 Å². The van der Waals surface area contributed by atoms with E-state index in [9.17, 15) is 0 Å². The van der Waals surface area contributed by atoms with E-state index in [1.807, 2.05) is 0 Å². The van der Waals surface area contributed by atoms with Gasteiger partial charge in [0.05, 0.1) is 22.1 Å². The van der Waals surface area contributed by atoms with Crippen LogP contribution in [0.2, 0.25) is 0 Å². The largest absolute Gasteiger partial charge is 0.309 e. The molecule has 0 fully saturated rings. The van der Waals surface area contributed by atoms with Crippen LogP contribution in [0.15, 0.2) is 140 Å². The average molecular weight is 589 g/mol. The van der Waals surface area contributed by atoms with Crippen molar-refractivity contribution in [2.24, 2.45) is 0 Å². The maximum absolute atomic E-state index is 2.53. The van der Waals surface area contributed by atoms with Crippen molar-refractivity contribution < 1.29 is 0 Å². The van der Waals surface area contributed by atoms with Crippen LogP contribution in [0.25, 0.3) is 76.9 Å². The molecule has 0 unspecified atom stereocenters. The number of aryl methyl sites for hydroxylation is 1. The Morgan fingerprint density at radius 3 is 1.59 bits per heavy atom. The van der Waals surface area contributed by atoms with Crippen molar-refractivity contribution in [3.05, 3.63) is 156 Å². The highest BCUT2D eigenvalue weighted by atomic mass is 15.0. The Bertz CT molecular complexity index is 2730. The summed E-state index contributed by atoms with van der Waals surface area (Å²) in [6.45, 7) is 6.91. The molecule has 0 saturated carbocycles. The zero-order chi connectivity index (χ0) is 30.7. The second-order valence-electron chi connectivity index (χ2n) is 13.4. The van der Waals surface area contributed by atoms with Gasteiger partial charge in [0.15, 0.2) is 0 Å². The Labute approximate surface area is 267 Å². The van der Waals surface area contributed by atoms with E-state index in [1.54, 1.807) is 0 Å². The number of hydrogen-bond donors (Lipinski definition) is 0. The van der Waals surface area contributed by atoms with Gasteiger partial charge in [-0.15, -0.1) is 0 Å². The van der Waals surface area contributed by atoms with E-state index < -0.39 is 0 Å². The molecule has 0 spiro atoms. The van der Waals surface area contributed by atoms with Crippen LogP contribution in [-0.4, -0.2) is 9.13 Å². The number of fused-ring (bicyclic) bond motifs is 13. The molecule has 0 radical (unpaired) electrons. The topological polar surface area (TPSA) is 9.86 Å². The molecule has 0 bridgehead atoms. The van der Waals surface area contributed by atoms with E-state index in [2.05, 4.69) is 169 Å². The molecule has 0 N–H and O–H groups in total. The molecule has 46 heavy (non-hydrogen) atoms. The first-order valence-electron chi connectivity index (χ1n) is 16.2. The van der Waals surface area contributed by atoms with Crippen LogP contribution in [0.3, 0.4) is 0 Å². The molecule has 218 valence electrons. The molecule has 1 aliphatic rings. The van der Waals surface area contributed by atoms with Crippen molar-refractivity contribution in [3.63, 3.8) is 0 Å². The maximum Gasteiger partial charge on any atom is 0.0627 e. The molecule has 9 aromatic rings. The molecule has 0 aliphatic heterocycles. The van der Waals surface area contributed by atoms with Gasteiger partial charge in [-0.2, -0.15) is 0 Å². The summed E-state index contributed by atoms with van der Waals surface area (Å²) in [5.41, 5.74) is 14.1. The fourth-order valence-corrected chi connectivity index (χ4v) is 8.53. The number of hydrogen-bond acceptors (Lipinski definition) is 0. The Kier molecular flexibility index (Phi) is 5.02. The van der Waals surface area contributed by atoms with Crippen molar-refractivity contribution in [2.45, 2.75) is 26.2 Å². The van der Waals surface area contributed by atoms with Crippen molar-refractivity contribution in [2.75, 3.05) is 0 Å². The average Bonchev–Trinajstić information content (AvgIpc) is 3.69. The maximum atomic E-state index is 2.53. The summed E-state index contributed by atoms with van der Waals surface area (Å²) in [6, 6.07) is 51.9. The lowest BCUT2D eigenvalue weighted by Crippen LogP contribution is -2.15. The number of para-hydroxylation sites is 2. The lowest BCUT2D eigenvalue weighted by Gasteiger charge is -2.22. The van der Waals surface area contributed by atoms with Crippen molar-refractivity contribution in [1.82, 2.24) is 9.13 Å². The third-order valence-corrected chi connectivity index (χ3v) is 10.5. The lowest BCUT2D eigenvalue weighted by molar-refractivity contribution is 0.660. The molecule has 2 heteroatoms. The van der Waals surface area contributed by atoms with Gasteiger partial charge in [0.25, 0.3) is 0 Å². The minimum Gasteiger partial charge on any atom is -0.309 e. The molecule has 0 saturated heterocycles. The summed E-state index contributed by atoms with van der Waals surface area (Å²) < 4.78 is 5.02. The number of rotatable bonds is 2. The van der Waals surface area contributed by atoms with Crippen molar-refractivity contribution in [1.29, 1.82) is 0 Å². The fraction of sp³-hybridized carbons (Fsp3) is 0.0909. The highest BCUT2D eigenvalue weighted by Gasteiger charge is 2.35. The van der Waals surface area contributed by atoms with Gasteiger partial charge in [0, 0.05) is 49.1 Å². The van der Waals surface area contributed by atoms with E-state index in [0.29, 0.717) is 0 Å². The zero-order valence-corrected chi connectivity index (χ0v) is 26.2. The normalized spacial score (nSPS) is 13.7. The third-order valence-electron chi connectivity index (χ3n) is 10.5. The molecule has 7 aromatic carbocycles. The lowest BCUT2D eigenvalue weighted by atomic mass is 9.82. The van der Waals surface area contributed by atoms with Crippen LogP contribution >= 0.6 is 0 Å². The van der Waals surface area contributed by atoms with Gasteiger partial charge in [-0.25, -0.2) is 0 Å². The molecular formula is C44H32N2. The Morgan fingerprint density at radius 1 is 0.435 bits per heavy atom. The Balaban J connectivity index is 1.41. The first kappa shape index (κ1) is 25.7. The summed E-state index contributed by atoms with van der Waals surface area (Å²) in [7, 11) is 0. The first-order valence-corrected chi connectivity index (χ1v) is 16.2. The Hall–Kier alpha value is -5.60. The highest BCUT2D eigenvalue weighted by molar-refractivity contribution is 6.37. The second-order valence-corrected chi connectivity index (χ2v) is 13.4. The van der Waals surface area contributed by atoms with Crippen LogP contribution in [0.4, 0.5) is 0 Å². The van der Waals surface area contributed by atoms with Gasteiger partial charge in [-0.3, -0.25) is 0 Å². The first-order chi connectivity index (χ1) is 22.5. The smallest absolute Gasteiger partial charge is 0.0627 e. The standard InChI is InChI=1S/C44H32N2/c1-27-13-12-14-28(25-27)45-38-21-10-7-18-34(38)40-41-35-19-8-11-22-39(35)46(43(41)33-17-5-4-16-32(33)42(40)45)29-23-24-31-30-15-6-9-20-36(30)44(2,3)37(31)26-29/h4-26H,1-3H3. The molecule has 2 aromatic heterocycles. The van der Waals surface area contributed by atoms with Crippen LogP contribution < -0.4 is 0 Å². The van der Waals surface area contributed by atoms with E-state index in [4.69, 9.17) is 0 Å². The third kappa shape index (κ3) is 3.21. The molecular weight excluding hydrogens is 556 g/mol. The van der Waals surface area contributed by atoms with Gasteiger partial charge in [-0.05, 0) is 71.1 Å². The summed E-state index contributed by atoms with van der Waals surface area (Å²) in [5.74, 6) is 0. The molecule has 2 heterocycles. The summed E-state index contributed by atoms with van der Waals surface area (Å²) >= 11 is 0. The van der Waals surface area contributed by atoms with Crippen molar-refractivity contribution >= 4 is 54.4 Å². The molecule has 10 rings (SSSR count). The zero-order valence-electron chi connectivity index (χ0n) is 26.2. The number of benzene rings is 7.